The molecule has 2 aliphatic carbocycles. The van der Waals surface area contributed by atoms with Crippen LogP contribution in [-0.2, 0) is 17.1 Å². The zero-order valence-electron chi connectivity index (χ0n) is 23.7. The van der Waals surface area contributed by atoms with Crippen LogP contribution >= 0.6 is 0 Å². The molecule has 0 spiro atoms. The number of alkyl halides is 1. The third kappa shape index (κ3) is 7.00. The largest absolute Gasteiger partial charge is 0.381 e. The molecule has 14 heteroatoms. The molecule has 2 aliphatic rings. The second-order valence-electron chi connectivity index (χ2n) is 10.8. The van der Waals surface area contributed by atoms with E-state index in [0.717, 1.165) is 46.6 Å². The number of rotatable bonds is 10. The Hall–Kier alpha value is -4.35. The van der Waals surface area contributed by atoms with Gasteiger partial charge >= 0.3 is 0 Å². The summed E-state index contributed by atoms with van der Waals surface area (Å²) in [4.78, 5) is 13.5. The Morgan fingerprint density at radius 2 is 1.79 bits per heavy atom. The Morgan fingerprint density at radius 3 is 2.53 bits per heavy atom. The standard InChI is InChI=1S/C29H33FN10O2S/c1-39-18-20(15-34-39)2-3-21-16-33-28(14-26(21)36-24-6-4-23(5-7-24)31-13-11-30)37-27-10-12-32-29(38-27)22-17-35-40(19-22)43(41,42)25-8-9-25/h10,12,14-19,23-25,31H,4-9,11,13H2,1H3,(H2,32,33,36,37,38). The molecule has 43 heavy (non-hydrogen) atoms. The van der Waals surface area contributed by atoms with Crippen LogP contribution in [0.5, 0.6) is 0 Å². The number of halogens is 1. The van der Waals surface area contributed by atoms with Gasteiger partial charge in [-0.15, -0.1) is 0 Å². The number of hydrogen-bond acceptors (Lipinski definition) is 10. The van der Waals surface area contributed by atoms with E-state index in [-0.39, 0.29) is 18.0 Å². The highest BCUT2D eigenvalue weighted by molar-refractivity contribution is 7.90. The highest BCUT2D eigenvalue weighted by Crippen LogP contribution is 2.31. The van der Waals surface area contributed by atoms with Crippen LogP contribution in [0.4, 0.5) is 21.7 Å². The first-order valence-corrected chi connectivity index (χ1v) is 15.8. The third-order valence-corrected chi connectivity index (χ3v) is 9.54. The molecule has 224 valence electrons. The van der Waals surface area contributed by atoms with Crippen LogP contribution in [0, 0.1) is 11.8 Å². The van der Waals surface area contributed by atoms with Crippen LogP contribution < -0.4 is 16.0 Å². The van der Waals surface area contributed by atoms with Gasteiger partial charge in [-0.1, -0.05) is 11.8 Å². The fourth-order valence-electron chi connectivity index (χ4n) is 5.07. The molecule has 0 bridgehead atoms. The summed E-state index contributed by atoms with van der Waals surface area (Å²) in [6, 6.07) is 4.20. The Morgan fingerprint density at radius 1 is 0.977 bits per heavy atom. The van der Waals surface area contributed by atoms with E-state index in [9.17, 15) is 12.8 Å². The van der Waals surface area contributed by atoms with Gasteiger partial charge in [0.1, 0.15) is 18.3 Å². The topological polar surface area (TPSA) is 145 Å². The van der Waals surface area contributed by atoms with Crippen molar-refractivity contribution in [1.29, 1.82) is 0 Å². The molecule has 2 fully saturated rings. The number of aryl methyl sites for hydroxylation is 1. The van der Waals surface area contributed by atoms with Gasteiger partial charge in [-0.3, -0.25) is 4.68 Å². The highest BCUT2D eigenvalue weighted by atomic mass is 32.2. The summed E-state index contributed by atoms with van der Waals surface area (Å²) in [5, 5.41) is 18.0. The van der Waals surface area contributed by atoms with E-state index in [1.807, 2.05) is 19.3 Å². The summed E-state index contributed by atoms with van der Waals surface area (Å²) in [5.41, 5.74) is 2.90. The number of aromatic nitrogens is 7. The normalized spacial score (nSPS) is 18.6. The maximum Gasteiger partial charge on any atom is 0.256 e. The Labute approximate surface area is 249 Å². The summed E-state index contributed by atoms with van der Waals surface area (Å²) in [6.07, 6.45) is 14.9. The van der Waals surface area contributed by atoms with Crippen LogP contribution in [0.25, 0.3) is 11.4 Å². The van der Waals surface area contributed by atoms with Gasteiger partial charge in [0, 0.05) is 50.3 Å². The maximum absolute atomic E-state index is 12.6. The Balaban J connectivity index is 1.21. The number of pyridine rings is 1. The van der Waals surface area contributed by atoms with Crippen molar-refractivity contribution in [2.75, 3.05) is 23.9 Å². The van der Waals surface area contributed by atoms with Gasteiger partial charge in [0.05, 0.1) is 46.2 Å². The minimum absolute atomic E-state index is 0.242. The lowest BCUT2D eigenvalue weighted by Crippen LogP contribution is -2.37. The lowest BCUT2D eigenvalue weighted by Gasteiger charge is -2.30. The van der Waals surface area contributed by atoms with Crippen molar-refractivity contribution in [3.63, 3.8) is 0 Å². The molecule has 4 heterocycles. The van der Waals surface area contributed by atoms with Gasteiger partial charge in [-0.25, -0.2) is 27.8 Å². The summed E-state index contributed by atoms with van der Waals surface area (Å²) in [5.74, 6) is 7.78. The van der Waals surface area contributed by atoms with Crippen LogP contribution in [0.1, 0.15) is 49.7 Å². The predicted molar refractivity (Wildman–Crippen MR) is 161 cm³/mol. The lowest BCUT2D eigenvalue weighted by molar-refractivity contribution is 0.339. The lowest BCUT2D eigenvalue weighted by atomic mass is 9.91. The fraction of sp³-hybridized carbons (Fsp3) is 0.414. The minimum atomic E-state index is -3.48. The predicted octanol–water partition coefficient (Wildman–Crippen LogP) is 3.23. The van der Waals surface area contributed by atoms with Gasteiger partial charge in [0.25, 0.3) is 10.0 Å². The highest BCUT2D eigenvalue weighted by Gasteiger charge is 2.37. The fourth-order valence-corrected chi connectivity index (χ4v) is 6.54. The van der Waals surface area contributed by atoms with Gasteiger partial charge in [-0.2, -0.15) is 14.3 Å². The monoisotopic (exact) mass is 604 g/mol. The van der Waals surface area contributed by atoms with Crippen LogP contribution in [0.15, 0.2) is 49.3 Å². The second kappa shape index (κ2) is 12.5. The van der Waals surface area contributed by atoms with Crippen LogP contribution in [-0.4, -0.2) is 72.9 Å². The van der Waals surface area contributed by atoms with E-state index >= 15 is 0 Å². The zero-order chi connectivity index (χ0) is 29.8. The first kappa shape index (κ1) is 28.8. The second-order valence-corrected chi connectivity index (χ2v) is 12.9. The van der Waals surface area contributed by atoms with Gasteiger partial charge < -0.3 is 16.0 Å². The molecule has 0 saturated heterocycles. The first-order valence-electron chi connectivity index (χ1n) is 14.3. The summed E-state index contributed by atoms with van der Waals surface area (Å²) in [6.45, 7) is 0.0343. The molecule has 0 aromatic carbocycles. The summed E-state index contributed by atoms with van der Waals surface area (Å²) in [7, 11) is -1.63. The van der Waals surface area contributed by atoms with Crippen molar-refractivity contribution < 1.29 is 12.8 Å². The Kier molecular flexibility index (Phi) is 8.35. The number of nitrogens with one attached hydrogen (secondary N) is 3. The van der Waals surface area contributed by atoms with Crippen molar-refractivity contribution >= 4 is 27.3 Å². The molecule has 3 N–H and O–H groups in total. The molecule has 0 aliphatic heterocycles. The molecular weight excluding hydrogens is 571 g/mol. The Bertz CT molecular complexity index is 1750. The summed E-state index contributed by atoms with van der Waals surface area (Å²) >= 11 is 0. The van der Waals surface area contributed by atoms with Crippen molar-refractivity contribution in [3.05, 3.63) is 60.4 Å². The summed E-state index contributed by atoms with van der Waals surface area (Å²) < 4.78 is 40.4. The van der Waals surface area contributed by atoms with E-state index in [1.165, 1.54) is 12.4 Å². The molecule has 2 saturated carbocycles. The van der Waals surface area contributed by atoms with E-state index in [2.05, 4.69) is 52.9 Å². The van der Waals surface area contributed by atoms with Crippen LogP contribution in [0.2, 0.25) is 0 Å². The molecule has 0 atom stereocenters. The smallest absolute Gasteiger partial charge is 0.256 e. The van der Waals surface area contributed by atoms with Crippen molar-refractivity contribution in [2.24, 2.45) is 7.05 Å². The van der Waals surface area contributed by atoms with Gasteiger partial charge in [0.15, 0.2) is 5.82 Å². The molecule has 0 unspecified atom stereocenters. The van der Waals surface area contributed by atoms with Crippen molar-refractivity contribution in [2.45, 2.75) is 55.9 Å². The number of anilines is 3. The van der Waals surface area contributed by atoms with Gasteiger partial charge in [0.2, 0.25) is 0 Å². The van der Waals surface area contributed by atoms with E-state index in [0.29, 0.717) is 48.5 Å². The molecule has 12 nitrogen and oxygen atoms in total. The third-order valence-electron chi connectivity index (χ3n) is 7.50. The average molecular weight is 605 g/mol. The quantitative estimate of drug-likeness (QED) is 0.231. The first-order chi connectivity index (χ1) is 20.9. The van der Waals surface area contributed by atoms with E-state index in [4.69, 9.17) is 0 Å². The average Bonchev–Trinajstić information content (AvgIpc) is 3.61. The van der Waals surface area contributed by atoms with Crippen molar-refractivity contribution in [3.8, 4) is 23.2 Å². The number of nitrogens with zero attached hydrogens (tertiary/aromatic N) is 7. The SMILES string of the molecule is Cn1cc(C#Cc2cnc(Nc3ccnc(-c4cnn(S(=O)(=O)C5CC5)c4)n3)cc2NC2CCC(NCCF)CC2)cn1. The molecule has 0 amide bonds. The zero-order valence-corrected chi connectivity index (χ0v) is 24.6. The molecule has 4 aromatic heterocycles. The van der Waals surface area contributed by atoms with E-state index < -0.39 is 10.0 Å². The number of hydrogen-bond donors (Lipinski definition) is 3. The minimum Gasteiger partial charge on any atom is -0.381 e. The molecule has 6 rings (SSSR count). The van der Waals surface area contributed by atoms with Gasteiger partial charge in [-0.05, 0) is 44.6 Å². The molecule has 0 radical (unpaired) electrons. The maximum atomic E-state index is 12.6. The van der Waals surface area contributed by atoms with Crippen LogP contribution in [0.3, 0.4) is 0 Å². The molecular formula is C29H33FN10O2S. The van der Waals surface area contributed by atoms with E-state index in [1.54, 1.807) is 29.3 Å². The van der Waals surface area contributed by atoms with Crippen molar-refractivity contribution in [1.82, 2.24) is 39.2 Å². The molecule has 4 aromatic rings.